The zero-order valence-corrected chi connectivity index (χ0v) is 13.6. The minimum Gasteiger partial charge on any atom is -0.310 e. The maximum absolute atomic E-state index is 12.9. The molecular formula is C18H27N3O. The van der Waals surface area contributed by atoms with Gasteiger partial charge in [0.15, 0.2) is 0 Å². The number of hydrogen-bond acceptors (Lipinski definition) is 3. The van der Waals surface area contributed by atoms with Crippen LogP contribution in [0.4, 0.5) is 0 Å². The summed E-state index contributed by atoms with van der Waals surface area (Å²) in [6, 6.07) is 3.29. The third-order valence-corrected chi connectivity index (χ3v) is 5.52. The Morgan fingerprint density at radius 1 is 1.23 bits per heavy atom. The van der Waals surface area contributed by atoms with E-state index in [4.69, 9.17) is 0 Å². The van der Waals surface area contributed by atoms with E-state index in [2.05, 4.69) is 27.9 Å². The summed E-state index contributed by atoms with van der Waals surface area (Å²) < 4.78 is 2.15. The van der Waals surface area contributed by atoms with Gasteiger partial charge in [-0.1, -0.05) is 12.8 Å². The number of nitrogens with one attached hydrogen (secondary N) is 1. The predicted molar refractivity (Wildman–Crippen MR) is 88.1 cm³/mol. The van der Waals surface area contributed by atoms with Crippen molar-refractivity contribution in [3.8, 4) is 0 Å². The molecule has 120 valence electrons. The van der Waals surface area contributed by atoms with Crippen LogP contribution in [-0.2, 0) is 19.5 Å². The minimum atomic E-state index is 0.274. The minimum absolute atomic E-state index is 0.274. The summed E-state index contributed by atoms with van der Waals surface area (Å²) in [5.74, 6) is 0. The summed E-state index contributed by atoms with van der Waals surface area (Å²) in [6.07, 6.45) is 8.59. The van der Waals surface area contributed by atoms with E-state index in [1.54, 1.807) is 0 Å². The van der Waals surface area contributed by atoms with Crippen molar-refractivity contribution < 1.29 is 0 Å². The molecule has 2 fully saturated rings. The quantitative estimate of drug-likeness (QED) is 0.926. The second-order valence-electron chi connectivity index (χ2n) is 7.40. The normalized spacial score (nSPS) is 23.0. The van der Waals surface area contributed by atoms with Gasteiger partial charge in [-0.15, -0.1) is 0 Å². The summed E-state index contributed by atoms with van der Waals surface area (Å²) in [4.78, 5) is 15.3. The van der Waals surface area contributed by atoms with E-state index in [9.17, 15) is 4.79 Å². The van der Waals surface area contributed by atoms with Crippen molar-refractivity contribution >= 4 is 0 Å². The first-order valence-electron chi connectivity index (χ1n) is 8.90. The Bertz CT molecular complexity index is 611. The molecule has 2 aliphatic carbocycles. The molecule has 3 aliphatic rings. The molecule has 4 heteroatoms. The van der Waals surface area contributed by atoms with Gasteiger partial charge in [0.25, 0.3) is 5.56 Å². The van der Waals surface area contributed by atoms with Gasteiger partial charge >= 0.3 is 0 Å². The Kier molecular flexibility index (Phi) is 3.82. The lowest BCUT2D eigenvalue weighted by Gasteiger charge is -2.28. The molecule has 1 N–H and O–H groups in total. The highest BCUT2D eigenvalue weighted by Gasteiger charge is 2.30. The Morgan fingerprint density at radius 2 is 2.00 bits per heavy atom. The summed E-state index contributed by atoms with van der Waals surface area (Å²) in [7, 11) is 2.17. The zero-order chi connectivity index (χ0) is 15.1. The third-order valence-electron chi connectivity index (χ3n) is 5.52. The van der Waals surface area contributed by atoms with Crippen LogP contribution >= 0.6 is 0 Å². The summed E-state index contributed by atoms with van der Waals surface area (Å²) in [5, 5.41) is 3.62. The maximum atomic E-state index is 12.9. The van der Waals surface area contributed by atoms with Gasteiger partial charge in [-0.2, -0.15) is 0 Å². The lowest BCUT2D eigenvalue weighted by Crippen LogP contribution is -2.37. The molecule has 0 saturated heterocycles. The van der Waals surface area contributed by atoms with Crippen LogP contribution in [0.5, 0.6) is 0 Å². The average Bonchev–Trinajstić information content (AvgIpc) is 3.20. The molecule has 0 atom stereocenters. The van der Waals surface area contributed by atoms with Gasteiger partial charge in [0.05, 0.1) is 0 Å². The van der Waals surface area contributed by atoms with Crippen LogP contribution in [0.15, 0.2) is 10.9 Å². The molecular weight excluding hydrogens is 274 g/mol. The van der Waals surface area contributed by atoms with Crippen LogP contribution in [-0.4, -0.2) is 29.1 Å². The molecule has 2 saturated carbocycles. The number of nitrogens with zero attached hydrogens (tertiary/aromatic N) is 2. The predicted octanol–water partition coefficient (Wildman–Crippen LogP) is 2.20. The first-order valence-corrected chi connectivity index (χ1v) is 8.90. The van der Waals surface area contributed by atoms with Crippen LogP contribution in [0, 0.1) is 0 Å². The highest BCUT2D eigenvalue weighted by molar-refractivity contribution is 5.30. The molecule has 0 spiro atoms. The van der Waals surface area contributed by atoms with E-state index in [0.29, 0.717) is 12.1 Å². The van der Waals surface area contributed by atoms with E-state index in [1.165, 1.54) is 49.8 Å². The molecule has 4 rings (SSSR count). The number of aromatic nitrogens is 1. The van der Waals surface area contributed by atoms with E-state index < -0.39 is 0 Å². The summed E-state index contributed by atoms with van der Waals surface area (Å²) >= 11 is 0. The number of pyridine rings is 1. The van der Waals surface area contributed by atoms with Gasteiger partial charge in [-0.3, -0.25) is 4.79 Å². The molecule has 2 heterocycles. The summed E-state index contributed by atoms with van der Waals surface area (Å²) in [6.45, 7) is 2.80. The Balaban J connectivity index is 1.64. The van der Waals surface area contributed by atoms with Gasteiger partial charge in [0, 0.05) is 49.4 Å². The van der Waals surface area contributed by atoms with Gasteiger partial charge in [-0.05, 0) is 44.4 Å². The van der Waals surface area contributed by atoms with Gasteiger partial charge in [0.1, 0.15) is 0 Å². The highest BCUT2D eigenvalue weighted by atomic mass is 16.1. The van der Waals surface area contributed by atoms with Crippen molar-refractivity contribution in [3.05, 3.63) is 33.2 Å². The van der Waals surface area contributed by atoms with Crippen molar-refractivity contribution in [1.29, 1.82) is 0 Å². The topological polar surface area (TPSA) is 37.3 Å². The molecule has 22 heavy (non-hydrogen) atoms. The van der Waals surface area contributed by atoms with E-state index >= 15 is 0 Å². The van der Waals surface area contributed by atoms with Crippen molar-refractivity contribution in [2.75, 3.05) is 13.6 Å². The standard InChI is InChI=1S/C18H27N3O/c1-20-9-8-17-14(12-20)10-13(11-19-15-4-2-3-5-15)18(22)21(17)16-6-7-16/h10,15-16,19H,2-9,11-12H2,1H3. The van der Waals surface area contributed by atoms with Crippen LogP contribution in [0.2, 0.25) is 0 Å². The zero-order valence-electron chi connectivity index (χ0n) is 13.6. The average molecular weight is 301 g/mol. The molecule has 4 nitrogen and oxygen atoms in total. The molecule has 0 aromatic carbocycles. The number of hydrogen-bond donors (Lipinski definition) is 1. The molecule has 0 bridgehead atoms. The third kappa shape index (κ3) is 2.74. The fourth-order valence-corrected chi connectivity index (χ4v) is 4.10. The first kappa shape index (κ1) is 14.5. The van der Waals surface area contributed by atoms with Crippen LogP contribution in [0.1, 0.15) is 61.4 Å². The molecule has 1 aromatic heterocycles. The van der Waals surface area contributed by atoms with E-state index in [0.717, 1.165) is 31.6 Å². The van der Waals surface area contributed by atoms with E-state index in [-0.39, 0.29) is 5.56 Å². The van der Waals surface area contributed by atoms with Crippen LogP contribution < -0.4 is 10.9 Å². The second-order valence-corrected chi connectivity index (χ2v) is 7.40. The second kappa shape index (κ2) is 5.82. The van der Waals surface area contributed by atoms with Gasteiger partial charge in [0.2, 0.25) is 0 Å². The fraction of sp³-hybridized carbons (Fsp3) is 0.722. The van der Waals surface area contributed by atoms with Gasteiger partial charge < -0.3 is 14.8 Å². The SMILES string of the molecule is CN1CCc2c(cc(CNC3CCCC3)c(=O)n2C2CC2)C1. The Morgan fingerprint density at radius 3 is 2.73 bits per heavy atom. The lowest BCUT2D eigenvalue weighted by molar-refractivity contribution is 0.303. The Hall–Kier alpha value is -1.13. The van der Waals surface area contributed by atoms with Crippen molar-refractivity contribution in [2.45, 2.75) is 70.1 Å². The molecule has 0 unspecified atom stereocenters. The molecule has 1 aromatic rings. The summed E-state index contributed by atoms with van der Waals surface area (Å²) in [5.41, 5.74) is 3.95. The molecule has 0 amide bonds. The smallest absolute Gasteiger partial charge is 0.255 e. The fourth-order valence-electron chi connectivity index (χ4n) is 4.10. The molecule has 1 aliphatic heterocycles. The molecule has 0 radical (unpaired) electrons. The number of likely N-dealkylation sites (N-methyl/N-ethyl adjacent to an activating group) is 1. The van der Waals surface area contributed by atoms with Gasteiger partial charge in [-0.25, -0.2) is 0 Å². The first-order chi connectivity index (χ1) is 10.7. The van der Waals surface area contributed by atoms with Crippen molar-refractivity contribution in [2.24, 2.45) is 0 Å². The highest BCUT2D eigenvalue weighted by Crippen LogP contribution is 2.36. The monoisotopic (exact) mass is 301 g/mol. The van der Waals surface area contributed by atoms with Crippen LogP contribution in [0.25, 0.3) is 0 Å². The number of rotatable bonds is 4. The Labute approximate surface area is 132 Å². The van der Waals surface area contributed by atoms with Crippen molar-refractivity contribution in [1.82, 2.24) is 14.8 Å². The van der Waals surface area contributed by atoms with Crippen LogP contribution in [0.3, 0.4) is 0 Å². The number of fused-ring (bicyclic) bond motifs is 1. The maximum Gasteiger partial charge on any atom is 0.255 e. The van der Waals surface area contributed by atoms with Crippen molar-refractivity contribution in [3.63, 3.8) is 0 Å². The largest absolute Gasteiger partial charge is 0.310 e. The van der Waals surface area contributed by atoms with E-state index in [1.807, 2.05) is 0 Å². The lowest BCUT2D eigenvalue weighted by atomic mass is 10.0.